The van der Waals surface area contributed by atoms with E-state index in [-0.39, 0.29) is 0 Å². The van der Waals surface area contributed by atoms with E-state index in [1.807, 2.05) is 0 Å². The van der Waals surface area contributed by atoms with Crippen molar-refractivity contribution in [3.05, 3.63) is 24.4 Å². The van der Waals surface area contributed by atoms with E-state index in [0.717, 1.165) is 6.29 Å². The van der Waals surface area contributed by atoms with Crippen molar-refractivity contribution in [3.63, 3.8) is 0 Å². The molecule has 1 N–H and O–H groups in total. The maximum Gasteiger partial charge on any atom is 0.412 e. The molecule has 0 aromatic heterocycles. The van der Waals surface area contributed by atoms with E-state index in [1.165, 1.54) is 0 Å². The summed E-state index contributed by atoms with van der Waals surface area (Å²) in [4.78, 5) is 26.2. The Labute approximate surface area is 114 Å². The van der Waals surface area contributed by atoms with Gasteiger partial charge in [0, 0.05) is 13.5 Å². The molecule has 0 bridgehead atoms. The summed E-state index contributed by atoms with van der Waals surface area (Å²) in [5.74, 6) is 0. The minimum Gasteiger partial charge on any atom is -0.444 e. The average molecular weight is 266 g/mol. The smallest absolute Gasteiger partial charge is 0.412 e. The summed E-state index contributed by atoms with van der Waals surface area (Å²) < 4.78 is 5.16. The highest BCUT2D eigenvalue weighted by Crippen LogP contribution is 2.08. The highest BCUT2D eigenvalue weighted by atomic mass is 16.6. The predicted molar refractivity (Wildman–Crippen MR) is 76.3 cm³/mol. The van der Waals surface area contributed by atoms with Crippen molar-refractivity contribution >= 4 is 18.1 Å². The summed E-state index contributed by atoms with van der Waals surface area (Å²) in [7, 11) is 1.60. The molecular formula is C14H22N2O3. The van der Waals surface area contributed by atoms with Crippen LogP contribution in [-0.4, -0.2) is 30.7 Å². The van der Waals surface area contributed by atoms with Gasteiger partial charge in [0.15, 0.2) is 0 Å². The van der Waals surface area contributed by atoms with Crippen LogP contribution in [0.4, 0.5) is 4.79 Å². The first-order valence-electron chi connectivity index (χ1n) is 6.06. The number of allylic oxidation sites excluding steroid dienone is 3. The molecule has 0 radical (unpaired) electrons. The lowest BCUT2D eigenvalue weighted by atomic mass is 10.1. The van der Waals surface area contributed by atoms with Crippen molar-refractivity contribution in [2.45, 2.75) is 39.2 Å². The van der Waals surface area contributed by atoms with E-state index in [1.54, 1.807) is 40.0 Å². The minimum atomic E-state index is -0.574. The van der Waals surface area contributed by atoms with Gasteiger partial charge in [0.1, 0.15) is 11.9 Å². The Morgan fingerprint density at radius 1 is 1.42 bits per heavy atom. The molecule has 5 nitrogen and oxygen atoms in total. The molecule has 5 heteroatoms. The van der Waals surface area contributed by atoms with Gasteiger partial charge in [-0.2, -0.15) is 0 Å². The zero-order valence-corrected chi connectivity index (χ0v) is 12.0. The number of aliphatic imine (C=N–C) groups is 1. The zero-order chi connectivity index (χ0) is 14.9. The second-order valence-electron chi connectivity index (χ2n) is 4.82. The lowest BCUT2D eigenvalue weighted by molar-refractivity contribution is -0.107. The number of alkyl carbamates (subject to hydrolysis) is 1. The number of carbonyl (C=O) groups is 2. The van der Waals surface area contributed by atoms with Gasteiger partial charge in [-0.1, -0.05) is 12.7 Å². The summed E-state index contributed by atoms with van der Waals surface area (Å²) in [5.41, 5.74) is 0.543. The number of aldehydes is 1. The normalized spacial score (nSPS) is 12.8. The van der Waals surface area contributed by atoms with Crippen molar-refractivity contribution in [2.75, 3.05) is 7.05 Å². The first-order chi connectivity index (χ1) is 8.84. The maximum absolute atomic E-state index is 11.7. The standard InChI is InChI=1S/C14H22N2O3/c1-6-8-12(11(15-5)9-7-10-17)16-13(18)19-14(2,3)4/h6,8,10H,1,7,9H2,2-5H3,(H,16,18)/b12-8+,15-11?. The number of carbonyl (C=O) groups excluding carboxylic acids is 2. The van der Waals surface area contributed by atoms with Crippen LogP contribution in [0.3, 0.4) is 0 Å². The summed E-state index contributed by atoms with van der Waals surface area (Å²) in [6, 6.07) is 0. The molecule has 0 rings (SSSR count). The fourth-order valence-corrected chi connectivity index (χ4v) is 1.30. The van der Waals surface area contributed by atoms with Crippen LogP contribution in [0.2, 0.25) is 0 Å². The average Bonchev–Trinajstić information content (AvgIpc) is 2.27. The summed E-state index contributed by atoms with van der Waals surface area (Å²) in [6.45, 7) is 8.93. The Morgan fingerprint density at radius 2 is 2.05 bits per heavy atom. The van der Waals surface area contributed by atoms with Crippen LogP contribution in [0.5, 0.6) is 0 Å². The summed E-state index contributed by atoms with van der Waals surface area (Å²) in [5, 5.41) is 2.62. The number of nitrogens with zero attached hydrogens (tertiary/aromatic N) is 1. The number of hydrogen-bond donors (Lipinski definition) is 1. The van der Waals surface area contributed by atoms with Crippen molar-refractivity contribution in [3.8, 4) is 0 Å². The summed E-state index contributed by atoms with van der Waals surface area (Å²) in [6.07, 6.45) is 4.21. The second-order valence-corrected chi connectivity index (χ2v) is 4.82. The van der Waals surface area contributed by atoms with Crippen LogP contribution in [0.15, 0.2) is 29.4 Å². The molecule has 0 saturated carbocycles. The van der Waals surface area contributed by atoms with E-state index >= 15 is 0 Å². The van der Waals surface area contributed by atoms with Gasteiger partial charge < -0.3 is 9.53 Å². The van der Waals surface area contributed by atoms with Crippen molar-refractivity contribution in [2.24, 2.45) is 4.99 Å². The predicted octanol–water partition coefficient (Wildman–Crippen LogP) is 2.63. The molecule has 106 valence electrons. The molecule has 1 amide bonds. The van der Waals surface area contributed by atoms with Gasteiger partial charge >= 0.3 is 6.09 Å². The number of ether oxygens (including phenoxy) is 1. The lowest BCUT2D eigenvalue weighted by Gasteiger charge is -2.20. The molecule has 0 aliphatic carbocycles. The molecule has 0 aromatic carbocycles. The van der Waals surface area contributed by atoms with E-state index in [4.69, 9.17) is 4.74 Å². The highest BCUT2D eigenvalue weighted by Gasteiger charge is 2.18. The third-order valence-electron chi connectivity index (χ3n) is 2.00. The van der Waals surface area contributed by atoms with Crippen LogP contribution in [0.25, 0.3) is 0 Å². The SMILES string of the molecule is C=C/C=C(/NC(=O)OC(C)(C)C)C(CCC=O)=NC. The van der Waals surface area contributed by atoms with E-state index in [0.29, 0.717) is 24.3 Å². The molecule has 0 aromatic rings. The van der Waals surface area contributed by atoms with E-state index in [9.17, 15) is 9.59 Å². The number of rotatable bonds is 6. The second kappa shape index (κ2) is 8.24. The van der Waals surface area contributed by atoms with E-state index in [2.05, 4.69) is 16.9 Å². The quantitative estimate of drug-likeness (QED) is 0.456. The van der Waals surface area contributed by atoms with Gasteiger partial charge in [-0.3, -0.25) is 10.3 Å². The molecule has 0 atom stereocenters. The molecule has 19 heavy (non-hydrogen) atoms. The van der Waals surface area contributed by atoms with Gasteiger partial charge in [0.2, 0.25) is 0 Å². The Balaban J connectivity index is 4.83. The summed E-state index contributed by atoms with van der Waals surface area (Å²) >= 11 is 0. The van der Waals surface area contributed by atoms with Gasteiger partial charge in [-0.15, -0.1) is 0 Å². The fourth-order valence-electron chi connectivity index (χ4n) is 1.30. The Kier molecular flexibility index (Phi) is 7.41. The Bertz CT molecular complexity index is 390. The fraction of sp³-hybridized carbons (Fsp3) is 0.500. The van der Waals surface area contributed by atoms with E-state index < -0.39 is 11.7 Å². The minimum absolute atomic E-state index is 0.344. The van der Waals surface area contributed by atoms with Crippen LogP contribution < -0.4 is 5.32 Å². The van der Waals surface area contributed by atoms with Crippen molar-refractivity contribution in [1.29, 1.82) is 0 Å². The first kappa shape index (κ1) is 17.1. The Hall–Kier alpha value is -1.91. The zero-order valence-electron chi connectivity index (χ0n) is 12.0. The molecule has 0 spiro atoms. The number of nitrogens with one attached hydrogen (secondary N) is 1. The molecular weight excluding hydrogens is 244 g/mol. The number of amides is 1. The van der Waals surface area contributed by atoms with Crippen molar-refractivity contribution in [1.82, 2.24) is 5.32 Å². The van der Waals surface area contributed by atoms with Crippen LogP contribution in [0.1, 0.15) is 33.6 Å². The highest BCUT2D eigenvalue weighted by molar-refractivity contribution is 6.02. The third kappa shape index (κ3) is 7.91. The van der Waals surface area contributed by atoms with Crippen LogP contribution in [-0.2, 0) is 9.53 Å². The molecule has 0 saturated heterocycles. The first-order valence-corrected chi connectivity index (χ1v) is 6.06. The number of hydrogen-bond acceptors (Lipinski definition) is 4. The van der Waals surface area contributed by atoms with Gasteiger partial charge in [0.05, 0.1) is 11.4 Å². The van der Waals surface area contributed by atoms with Crippen LogP contribution in [0, 0.1) is 0 Å². The molecule has 0 aliphatic heterocycles. The largest absolute Gasteiger partial charge is 0.444 e. The monoisotopic (exact) mass is 266 g/mol. The molecule has 0 fully saturated rings. The molecule has 0 aliphatic rings. The van der Waals surface area contributed by atoms with Crippen LogP contribution >= 0.6 is 0 Å². The molecule has 0 unspecified atom stereocenters. The lowest BCUT2D eigenvalue weighted by Crippen LogP contribution is -2.34. The maximum atomic E-state index is 11.7. The van der Waals surface area contributed by atoms with Gasteiger partial charge in [0.25, 0.3) is 0 Å². The van der Waals surface area contributed by atoms with Crippen molar-refractivity contribution < 1.29 is 14.3 Å². The Morgan fingerprint density at radius 3 is 2.47 bits per heavy atom. The van der Waals surface area contributed by atoms with Gasteiger partial charge in [-0.05, 0) is 33.3 Å². The molecule has 0 heterocycles. The van der Waals surface area contributed by atoms with Gasteiger partial charge in [-0.25, -0.2) is 4.79 Å². The third-order valence-corrected chi connectivity index (χ3v) is 2.00. The topological polar surface area (TPSA) is 67.8 Å².